The Bertz CT molecular complexity index is 335. The zero-order valence-corrected chi connectivity index (χ0v) is 12.7. The molecule has 1 unspecified atom stereocenters. The van der Waals surface area contributed by atoms with Crippen LogP contribution in [-0.4, -0.2) is 52.1 Å². The van der Waals surface area contributed by atoms with Crippen LogP contribution in [0.2, 0.25) is 0 Å². The van der Waals surface area contributed by atoms with Crippen LogP contribution in [0, 0.1) is 5.41 Å². The van der Waals surface area contributed by atoms with Crippen LogP contribution in [0.25, 0.3) is 0 Å². The van der Waals surface area contributed by atoms with Crippen LogP contribution in [0.1, 0.15) is 47.5 Å². The lowest BCUT2D eigenvalue weighted by molar-refractivity contribution is -0.127. The molecule has 0 saturated carbocycles. The fourth-order valence-electron chi connectivity index (χ4n) is 2.22. The number of aliphatic hydroxyl groups is 2. The number of hydrogen-bond acceptors (Lipinski definition) is 4. The van der Waals surface area contributed by atoms with E-state index in [4.69, 9.17) is 4.74 Å². The molecular weight excluding hydrogens is 246 g/mol. The number of ether oxygens (including phenoxy) is 1. The number of rotatable bonds is 2. The molecule has 0 spiro atoms. The zero-order chi connectivity index (χ0) is 14.9. The van der Waals surface area contributed by atoms with Gasteiger partial charge in [0.25, 0.3) is 0 Å². The number of hydrogen-bond donors (Lipinski definition) is 2. The van der Waals surface area contributed by atoms with Crippen molar-refractivity contribution >= 4 is 6.09 Å². The molecule has 5 nitrogen and oxygen atoms in total. The molecule has 0 aliphatic carbocycles. The summed E-state index contributed by atoms with van der Waals surface area (Å²) in [6.07, 6.45) is 0.887. The maximum Gasteiger partial charge on any atom is 0.410 e. The summed E-state index contributed by atoms with van der Waals surface area (Å²) < 4.78 is 5.33. The maximum absolute atomic E-state index is 12.0. The van der Waals surface area contributed by atoms with E-state index in [0.29, 0.717) is 19.4 Å². The lowest BCUT2D eigenvalue weighted by atomic mass is 9.71. The van der Waals surface area contributed by atoms with Crippen LogP contribution >= 0.6 is 0 Å². The number of amides is 1. The summed E-state index contributed by atoms with van der Waals surface area (Å²) in [5.41, 5.74) is -2.26. The molecule has 1 amide bonds. The Hall–Kier alpha value is -0.810. The largest absolute Gasteiger partial charge is 0.444 e. The van der Waals surface area contributed by atoms with Crippen molar-refractivity contribution in [1.82, 2.24) is 4.90 Å². The molecule has 0 aromatic carbocycles. The quantitative estimate of drug-likeness (QED) is 0.804. The van der Waals surface area contributed by atoms with Gasteiger partial charge >= 0.3 is 6.09 Å². The van der Waals surface area contributed by atoms with E-state index in [-0.39, 0.29) is 13.2 Å². The third-order valence-corrected chi connectivity index (χ3v) is 3.78. The smallest absolute Gasteiger partial charge is 0.410 e. The number of nitrogens with zero attached hydrogens (tertiary/aromatic N) is 1. The third-order valence-electron chi connectivity index (χ3n) is 3.78. The van der Waals surface area contributed by atoms with Gasteiger partial charge in [0.05, 0.1) is 18.8 Å². The van der Waals surface area contributed by atoms with Gasteiger partial charge < -0.3 is 19.8 Å². The molecule has 1 saturated heterocycles. The summed E-state index contributed by atoms with van der Waals surface area (Å²) in [6.45, 7) is 9.74. The van der Waals surface area contributed by atoms with Crippen molar-refractivity contribution in [1.29, 1.82) is 0 Å². The first-order valence-corrected chi connectivity index (χ1v) is 6.82. The van der Waals surface area contributed by atoms with Gasteiger partial charge in [-0.25, -0.2) is 4.79 Å². The van der Waals surface area contributed by atoms with Gasteiger partial charge in [-0.3, -0.25) is 0 Å². The van der Waals surface area contributed by atoms with Gasteiger partial charge in [-0.2, -0.15) is 0 Å². The molecule has 0 bridgehead atoms. The Balaban J connectivity index is 2.77. The van der Waals surface area contributed by atoms with Gasteiger partial charge in [0.15, 0.2) is 0 Å². The van der Waals surface area contributed by atoms with Crippen LogP contribution in [-0.2, 0) is 4.74 Å². The Labute approximate surface area is 115 Å². The minimum atomic E-state index is -1.07. The van der Waals surface area contributed by atoms with Crippen molar-refractivity contribution in [2.75, 3.05) is 19.7 Å². The summed E-state index contributed by atoms with van der Waals surface area (Å²) in [7, 11) is 0. The first-order chi connectivity index (χ1) is 8.51. The second-order valence-corrected chi connectivity index (χ2v) is 7.08. The van der Waals surface area contributed by atoms with Crippen LogP contribution in [0.5, 0.6) is 0 Å². The number of carbonyl (C=O) groups is 1. The zero-order valence-electron chi connectivity index (χ0n) is 12.7. The van der Waals surface area contributed by atoms with Gasteiger partial charge in [0.2, 0.25) is 0 Å². The molecule has 1 fully saturated rings. The molecule has 112 valence electrons. The highest BCUT2D eigenvalue weighted by molar-refractivity contribution is 5.68. The Morgan fingerprint density at radius 1 is 1.32 bits per heavy atom. The van der Waals surface area contributed by atoms with Gasteiger partial charge in [-0.15, -0.1) is 0 Å². The number of aliphatic hydroxyl groups excluding tert-OH is 1. The van der Waals surface area contributed by atoms with Crippen LogP contribution in [0.4, 0.5) is 4.79 Å². The van der Waals surface area contributed by atoms with Gasteiger partial charge in [0.1, 0.15) is 5.60 Å². The van der Waals surface area contributed by atoms with Crippen molar-refractivity contribution < 1.29 is 19.7 Å². The van der Waals surface area contributed by atoms with Crippen molar-refractivity contribution in [3.63, 3.8) is 0 Å². The van der Waals surface area contributed by atoms with E-state index in [1.165, 1.54) is 4.90 Å². The average Bonchev–Trinajstić information content (AvgIpc) is 2.26. The van der Waals surface area contributed by atoms with Crippen molar-refractivity contribution in [2.24, 2.45) is 5.41 Å². The molecule has 1 rings (SSSR count). The second kappa shape index (κ2) is 5.29. The first-order valence-electron chi connectivity index (χ1n) is 6.82. The standard InChI is InChI=1S/C14H27NO4/c1-12(2,3)19-11(17)15-8-6-7-14(18,9-15)13(4,5)10-16/h16,18H,6-10H2,1-5H3. The monoisotopic (exact) mass is 273 g/mol. The summed E-state index contributed by atoms with van der Waals surface area (Å²) in [5.74, 6) is 0. The topological polar surface area (TPSA) is 70.0 Å². The van der Waals surface area contributed by atoms with Crippen molar-refractivity contribution in [3.8, 4) is 0 Å². The lowest BCUT2D eigenvalue weighted by Gasteiger charge is -2.47. The lowest BCUT2D eigenvalue weighted by Crippen LogP contribution is -2.59. The highest BCUT2D eigenvalue weighted by Crippen LogP contribution is 2.37. The molecule has 5 heteroatoms. The molecule has 1 atom stereocenters. The highest BCUT2D eigenvalue weighted by Gasteiger charge is 2.47. The number of likely N-dealkylation sites (tertiary alicyclic amines) is 1. The molecule has 1 aliphatic heterocycles. The summed E-state index contributed by atoms with van der Waals surface area (Å²) in [5, 5.41) is 20.1. The Morgan fingerprint density at radius 2 is 1.89 bits per heavy atom. The van der Waals surface area contributed by atoms with E-state index in [1.807, 2.05) is 34.6 Å². The van der Waals surface area contributed by atoms with Crippen LogP contribution < -0.4 is 0 Å². The van der Waals surface area contributed by atoms with E-state index in [0.717, 1.165) is 0 Å². The predicted octanol–water partition coefficient (Wildman–Crippen LogP) is 1.77. The van der Waals surface area contributed by atoms with Crippen molar-refractivity contribution in [2.45, 2.75) is 58.7 Å². The van der Waals surface area contributed by atoms with E-state index in [1.54, 1.807) is 0 Å². The van der Waals surface area contributed by atoms with Crippen molar-refractivity contribution in [3.05, 3.63) is 0 Å². The Kier molecular flexibility index (Phi) is 4.52. The van der Waals surface area contributed by atoms with Crippen LogP contribution in [0.15, 0.2) is 0 Å². The van der Waals surface area contributed by atoms with Gasteiger partial charge in [0, 0.05) is 12.0 Å². The predicted molar refractivity (Wildman–Crippen MR) is 72.9 cm³/mol. The Morgan fingerprint density at radius 3 is 2.37 bits per heavy atom. The van der Waals surface area contributed by atoms with Gasteiger partial charge in [-0.05, 0) is 33.6 Å². The highest BCUT2D eigenvalue weighted by atomic mass is 16.6. The SMILES string of the molecule is CC(C)(C)OC(=O)N1CCCC(O)(C(C)(C)CO)C1. The van der Waals surface area contributed by atoms with E-state index in [2.05, 4.69) is 0 Å². The molecule has 0 radical (unpaired) electrons. The maximum atomic E-state index is 12.0. The molecule has 2 N–H and O–H groups in total. The molecule has 0 aromatic heterocycles. The molecular formula is C14H27NO4. The molecule has 19 heavy (non-hydrogen) atoms. The second-order valence-electron chi connectivity index (χ2n) is 7.08. The normalized spacial score (nSPS) is 25.3. The van der Waals surface area contributed by atoms with E-state index >= 15 is 0 Å². The van der Waals surface area contributed by atoms with E-state index in [9.17, 15) is 15.0 Å². The minimum absolute atomic E-state index is 0.119. The average molecular weight is 273 g/mol. The minimum Gasteiger partial charge on any atom is -0.444 e. The van der Waals surface area contributed by atoms with Gasteiger partial charge in [-0.1, -0.05) is 13.8 Å². The fourth-order valence-corrected chi connectivity index (χ4v) is 2.22. The summed E-state index contributed by atoms with van der Waals surface area (Å²) in [4.78, 5) is 13.6. The van der Waals surface area contributed by atoms with Crippen LogP contribution in [0.3, 0.4) is 0 Å². The summed E-state index contributed by atoms with van der Waals surface area (Å²) >= 11 is 0. The fraction of sp³-hybridized carbons (Fsp3) is 0.929. The molecule has 0 aromatic rings. The third kappa shape index (κ3) is 3.83. The number of piperidine rings is 1. The van der Waals surface area contributed by atoms with E-state index < -0.39 is 22.7 Å². The molecule has 1 aliphatic rings. The molecule has 1 heterocycles. The first kappa shape index (κ1) is 16.2. The summed E-state index contributed by atoms with van der Waals surface area (Å²) in [6, 6.07) is 0. The number of carbonyl (C=O) groups excluding carboxylic acids is 1. The number of β-amino-alcohol motifs (C(OH)–C–C–N with tert-alkyl or cyclic N) is 1.